The zero-order valence-electron chi connectivity index (χ0n) is 13.4. The highest BCUT2D eigenvalue weighted by Crippen LogP contribution is 2.30. The average molecular weight is 262 g/mol. The highest BCUT2D eigenvalue weighted by Gasteiger charge is 2.19. The highest BCUT2D eigenvalue weighted by molar-refractivity contribution is 5.30. The maximum Gasteiger partial charge on any atom is 0.0462 e. The molecule has 1 aromatic carbocycles. The van der Waals surface area contributed by atoms with E-state index in [4.69, 9.17) is 5.84 Å². The maximum absolute atomic E-state index is 5.77. The van der Waals surface area contributed by atoms with Gasteiger partial charge < -0.3 is 0 Å². The summed E-state index contributed by atoms with van der Waals surface area (Å²) in [6.45, 7) is 13.5. The minimum atomic E-state index is 0.246. The Bertz CT molecular complexity index is 384. The third-order valence-electron chi connectivity index (χ3n) is 3.45. The Morgan fingerprint density at radius 1 is 1.11 bits per heavy atom. The van der Waals surface area contributed by atoms with Crippen LogP contribution < -0.4 is 11.3 Å². The van der Waals surface area contributed by atoms with Crippen LogP contribution in [0.25, 0.3) is 0 Å². The molecule has 0 aromatic heterocycles. The lowest BCUT2D eigenvalue weighted by Crippen LogP contribution is -2.30. The number of benzene rings is 1. The molecule has 0 aliphatic carbocycles. The number of hydrogen-bond donors (Lipinski definition) is 2. The smallest absolute Gasteiger partial charge is 0.0462 e. The van der Waals surface area contributed by atoms with Gasteiger partial charge in [0.15, 0.2) is 0 Å². The zero-order chi connectivity index (χ0) is 14.6. The molecule has 2 nitrogen and oxygen atoms in total. The predicted molar refractivity (Wildman–Crippen MR) is 83.8 cm³/mol. The molecule has 0 spiro atoms. The van der Waals surface area contributed by atoms with Crippen molar-refractivity contribution in [3.8, 4) is 0 Å². The normalized spacial score (nSPS) is 15.3. The highest BCUT2D eigenvalue weighted by atomic mass is 15.2. The summed E-state index contributed by atoms with van der Waals surface area (Å²) < 4.78 is 0. The van der Waals surface area contributed by atoms with E-state index in [1.165, 1.54) is 23.1 Å². The Kier molecular flexibility index (Phi) is 5.57. The van der Waals surface area contributed by atoms with Gasteiger partial charge >= 0.3 is 0 Å². The molecule has 0 fully saturated rings. The van der Waals surface area contributed by atoms with Crippen molar-refractivity contribution in [1.29, 1.82) is 0 Å². The molecular weight excluding hydrogens is 232 g/mol. The third kappa shape index (κ3) is 5.75. The summed E-state index contributed by atoms with van der Waals surface area (Å²) in [5.41, 5.74) is 7.28. The fourth-order valence-corrected chi connectivity index (χ4v) is 3.04. The molecule has 2 heteroatoms. The van der Waals surface area contributed by atoms with E-state index in [2.05, 4.69) is 65.2 Å². The largest absolute Gasteiger partial charge is 0.271 e. The lowest BCUT2D eigenvalue weighted by molar-refractivity contribution is 0.276. The van der Waals surface area contributed by atoms with Gasteiger partial charge in [0.1, 0.15) is 0 Å². The molecular formula is C17H30N2. The fourth-order valence-electron chi connectivity index (χ4n) is 3.04. The van der Waals surface area contributed by atoms with Crippen LogP contribution in [0.2, 0.25) is 0 Å². The number of hydrogen-bond acceptors (Lipinski definition) is 2. The number of rotatable bonds is 5. The first-order valence-electron chi connectivity index (χ1n) is 7.25. The van der Waals surface area contributed by atoms with E-state index in [0.717, 1.165) is 6.42 Å². The summed E-state index contributed by atoms with van der Waals surface area (Å²) in [5.74, 6) is 6.42. The Hall–Kier alpha value is -0.860. The van der Waals surface area contributed by atoms with Crippen molar-refractivity contribution in [3.05, 3.63) is 34.9 Å². The van der Waals surface area contributed by atoms with Crippen molar-refractivity contribution in [2.45, 2.75) is 60.4 Å². The number of nitrogens with one attached hydrogen (secondary N) is 1. The Morgan fingerprint density at radius 2 is 1.63 bits per heavy atom. The molecule has 0 saturated carbocycles. The molecule has 3 N–H and O–H groups in total. The number of hydrazine groups is 1. The zero-order valence-corrected chi connectivity index (χ0v) is 13.4. The van der Waals surface area contributed by atoms with Crippen LogP contribution in [-0.2, 0) is 0 Å². The molecule has 1 aromatic rings. The molecule has 0 amide bonds. The van der Waals surface area contributed by atoms with Crippen LogP contribution in [-0.4, -0.2) is 0 Å². The van der Waals surface area contributed by atoms with Gasteiger partial charge in [0.25, 0.3) is 0 Å². The van der Waals surface area contributed by atoms with Crippen LogP contribution in [0.5, 0.6) is 0 Å². The van der Waals surface area contributed by atoms with E-state index in [1.54, 1.807) is 0 Å². The van der Waals surface area contributed by atoms with Gasteiger partial charge in [0.05, 0.1) is 0 Å². The molecule has 0 aliphatic rings. The SMILES string of the molecule is Cc1cc(C)cc(C(CC(C)CC(C)(C)C)NN)c1. The Labute approximate surface area is 118 Å². The molecule has 0 heterocycles. The van der Waals surface area contributed by atoms with Crippen LogP contribution in [0, 0.1) is 25.2 Å². The van der Waals surface area contributed by atoms with E-state index >= 15 is 0 Å². The van der Waals surface area contributed by atoms with Gasteiger partial charge in [-0.3, -0.25) is 11.3 Å². The van der Waals surface area contributed by atoms with Crippen molar-refractivity contribution >= 4 is 0 Å². The van der Waals surface area contributed by atoms with Gasteiger partial charge in [-0.1, -0.05) is 57.0 Å². The summed E-state index contributed by atoms with van der Waals surface area (Å²) in [7, 11) is 0. The summed E-state index contributed by atoms with van der Waals surface area (Å²) in [6, 6.07) is 6.93. The second-order valence-electron chi connectivity index (χ2n) is 7.25. The van der Waals surface area contributed by atoms with E-state index in [0.29, 0.717) is 11.3 Å². The van der Waals surface area contributed by atoms with E-state index < -0.39 is 0 Å². The predicted octanol–water partition coefficient (Wildman–Crippen LogP) is 4.27. The molecule has 0 bridgehead atoms. The van der Waals surface area contributed by atoms with Crippen molar-refractivity contribution in [1.82, 2.24) is 5.43 Å². The summed E-state index contributed by atoms with van der Waals surface area (Å²) in [4.78, 5) is 0. The monoisotopic (exact) mass is 262 g/mol. The van der Waals surface area contributed by atoms with E-state index in [-0.39, 0.29) is 6.04 Å². The van der Waals surface area contributed by atoms with Crippen molar-refractivity contribution < 1.29 is 0 Å². The lowest BCUT2D eigenvalue weighted by atomic mass is 9.82. The van der Waals surface area contributed by atoms with Crippen LogP contribution in [0.4, 0.5) is 0 Å². The van der Waals surface area contributed by atoms with Crippen LogP contribution in [0.15, 0.2) is 18.2 Å². The van der Waals surface area contributed by atoms with Crippen molar-refractivity contribution in [2.75, 3.05) is 0 Å². The van der Waals surface area contributed by atoms with Gasteiger partial charge in [-0.15, -0.1) is 0 Å². The first kappa shape index (κ1) is 16.2. The standard InChI is InChI=1S/C17H30N2/c1-12-7-13(2)9-15(8-12)16(19-18)10-14(3)11-17(4,5)6/h7-9,14,16,19H,10-11,18H2,1-6H3. The molecule has 2 atom stereocenters. The van der Waals surface area contributed by atoms with Gasteiger partial charge in [-0.25, -0.2) is 0 Å². The second-order valence-corrected chi connectivity index (χ2v) is 7.25. The molecule has 1 rings (SSSR count). The minimum absolute atomic E-state index is 0.246. The molecule has 0 saturated heterocycles. The Balaban J connectivity index is 2.77. The molecule has 2 unspecified atom stereocenters. The van der Waals surface area contributed by atoms with Crippen LogP contribution in [0.3, 0.4) is 0 Å². The van der Waals surface area contributed by atoms with Gasteiger partial charge in [-0.2, -0.15) is 0 Å². The van der Waals surface area contributed by atoms with Gasteiger partial charge in [-0.05, 0) is 43.6 Å². The topological polar surface area (TPSA) is 38.0 Å². The first-order valence-corrected chi connectivity index (χ1v) is 7.25. The molecule has 0 aliphatic heterocycles. The second kappa shape index (κ2) is 6.53. The number of nitrogens with two attached hydrogens (primary N) is 1. The maximum atomic E-state index is 5.77. The molecule has 19 heavy (non-hydrogen) atoms. The fraction of sp³-hybridized carbons (Fsp3) is 0.647. The quantitative estimate of drug-likeness (QED) is 0.614. The van der Waals surface area contributed by atoms with Crippen LogP contribution >= 0.6 is 0 Å². The summed E-state index contributed by atoms with van der Waals surface area (Å²) >= 11 is 0. The Morgan fingerprint density at radius 3 is 2.05 bits per heavy atom. The third-order valence-corrected chi connectivity index (χ3v) is 3.45. The number of aryl methyl sites for hydroxylation is 2. The first-order chi connectivity index (χ1) is 8.71. The molecule has 108 valence electrons. The van der Waals surface area contributed by atoms with Gasteiger partial charge in [0.2, 0.25) is 0 Å². The summed E-state index contributed by atoms with van der Waals surface area (Å²) in [5, 5.41) is 0. The van der Waals surface area contributed by atoms with Crippen molar-refractivity contribution in [2.24, 2.45) is 17.2 Å². The van der Waals surface area contributed by atoms with Gasteiger partial charge in [0, 0.05) is 6.04 Å². The van der Waals surface area contributed by atoms with Crippen molar-refractivity contribution in [3.63, 3.8) is 0 Å². The molecule has 0 radical (unpaired) electrons. The average Bonchev–Trinajstić information content (AvgIpc) is 2.21. The van der Waals surface area contributed by atoms with E-state index in [9.17, 15) is 0 Å². The lowest BCUT2D eigenvalue weighted by Gasteiger charge is -2.27. The summed E-state index contributed by atoms with van der Waals surface area (Å²) in [6.07, 6.45) is 2.30. The minimum Gasteiger partial charge on any atom is -0.271 e. The van der Waals surface area contributed by atoms with Crippen LogP contribution in [0.1, 0.15) is 63.3 Å². The van der Waals surface area contributed by atoms with E-state index in [1.807, 2.05) is 0 Å².